The van der Waals surface area contributed by atoms with Gasteiger partial charge in [0.15, 0.2) is 11.9 Å². The SMILES string of the molecule is C/C=C1/NC(=O)C2CSSCC/C=C\[C@@H](OC(=O)C(C(C)C)NC1=O)C(=O)N[C@@H](C(C)C)C(=O)C2.CCC(=O)CCCCC[C@@H]1NC(=O)C(Cc2cn(OC)c3ccccc23)NC(=O)[C@H](C(C)CC)NC(=O)[C@@H]2CCCCN2C1=O.CCC(CC)C(=O)O.Nc1ccccc1NC(=O)c1ccc(CNC(=O)OCc2cccnc2)cc1.O=C(/C=C/C#Cc1ccc(NCc2ccccc2)cc1)NO.O=C(O)CCCc1ccccc1. The molecule has 0 spiro atoms. The molecular formula is C113H144N14O21S2. The van der Waals surface area contributed by atoms with E-state index in [0.717, 1.165) is 103 Å². The first-order chi connectivity index (χ1) is 72.1. The maximum atomic E-state index is 14.1. The van der Waals surface area contributed by atoms with Gasteiger partial charge in [-0.1, -0.05) is 236 Å². The van der Waals surface area contributed by atoms with Crippen molar-refractivity contribution < 1.29 is 102 Å². The number of amides is 10. The summed E-state index contributed by atoms with van der Waals surface area (Å²) in [5.41, 5.74) is 16.4. The maximum Gasteiger partial charge on any atom is 0.407 e. The second-order valence-electron chi connectivity index (χ2n) is 36.7. The molecule has 12 rings (SSSR count). The summed E-state index contributed by atoms with van der Waals surface area (Å²) in [7, 11) is 4.58. The Labute approximate surface area is 885 Å². The molecule has 10 amide bonds. The number of aliphatic carboxylic acids is 2. The molecule has 804 valence electrons. The number of ketones is 2. The van der Waals surface area contributed by atoms with Crippen molar-refractivity contribution >= 4 is 138 Å². The van der Waals surface area contributed by atoms with Gasteiger partial charge in [-0.2, -0.15) is 4.73 Å². The summed E-state index contributed by atoms with van der Waals surface area (Å²) in [6.07, 6.45) is 20.7. The molecule has 8 aromatic rings. The number of nitrogens with one attached hydrogen (secondary N) is 10. The van der Waals surface area contributed by atoms with Crippen LogP contribution in [0.3, 0.4) is 0 Å². The Morgan fingerprint density at radius 3 is 1.95 bits per heavy atom. The van der Waals surface area contributed by atoms with Crippen molar-refractivity contribution in [2.45, 2.75) is 247 Å². The van der Waals surface area contributed by atoms with Gasteiger partial charge in [-0.05, 0) is 184 Å². The highest BCUT2D eigenvalue weighted by Gasteiger charge is 2.42. The molecule has 9 atom stereocenters. The van der Waals surface area contributed by atoms with Crippen molar-refractivity contribution in [3.63, 3.8) is 0 Å². The number of para-hydroxylation sites is 3. The van der Waals surface area contributed by atoms with Gasteiger partial charge in [0.1, 0.15) is 55.4 Å². The number of carboxylic acid groups (broad SMARTS) is 2. The Hall–Kier alpha value is -14.9. The number of pyridine rings is 1. The largest absolute Gasteiger partial charge is 0.481 e. The molecule has 150 heavy (non-hydrogen) atoms. The lowest BCUT2D eigenvalue weighted by Crippen LogP contribution is -2.64. The first kappa shape index (κ1) is 122. The van der Waals surface area contributed by atoms with Gasteiger partial charge in [-0.25, -0.2) is 15.1 Å². The number of aromatic nitrogens is 2. The lowest BCUT2D eigenvalue weighted by Gasteiger charge is -2.39. The van der Waals surface area contributed by atoms with Crippen LogP contribution in [-0.4, -0.2) is 186 Å². The van der Waals surface area contributed by atoms with Crippen molar-refractivity contribution in [2.24, 2.45) is 29.6 Å². The van der Waals surface area contributed by atoms with Gasteiger partial charge in [0.25, 0.3) is 23.6 Å². The Morgan fingerprint density at radius 1 is 0.660 bits per heavy atom. The van der Waals surface area contributed by atoms with Gasteiger partial charge in [-0.15, -0.1) is 0 Å². The van der Waals surface area contributed by atoms with Crippen LogP contribution in [0.1, 0.15) is 216 Å². The number of carbonyl (C=O) groups excluding carboxylic acids is 13. The molecule has 4 unspecified atom stereocenters. The van der Waals surface area contributed by atoms with Crippen molar-refractivity contribution in [1.29, 1.82) is 0 Å². The van der Waals surface area contributed by atoms with E-state index in [1.54, 1.807) is 141 Å². The van der Waals surface area contributed by atoms with Crippen LogP contribution < -0.4 is 63.9 Å². The second-order valence-corrected chi connectivity index (χ2v) is 39.3. The zero-order valence-electron chi connectivity index (χ0n) is 87.1. The Balaban J connectivity index is 0.000000260. The fraction of sp³-hybridized carbons (Fsp3) is 0.416. The van der Waals surface area contributed by atoms with E-state index in [1.807, 2.05) is 138 Å². The Kier molecular flexibility index (Phi) is 54.0. The Bertz CT molecular complexity index is 5890. The number of nitrogen functional groups attached to an aromatic ring is 1. The molecule has 6 heterocycles. The number of anilines is 3. The van der Waals surface area contributed by atoms with E-state index >= 15 is 0 Å². The Morgan fingerprint density at radius 2 is 1.32 bits per heavy atom. The number of rotatable bonds is 31. The second kappa shape index (κ2) is 66.4. The van der Waals surface area contributed by atoms with Crippen molar-refractivity contribution in [3.8, 4) is 11.8 Å². The third-order valence-corrected chi connectivity index (χ3v) is 27.4. The van der Waals surface area contributed by atoms with Gasteiger partial charge in [0.2, 0.25) is 29.5 Å². The van der Waals surface area contributed by atoms with Gasteiger partial charge in [0, 0.05) is 116 Å². The number of hydrogen-bond acceptors (Lipinski definition) is 24. The standard InChI is InChI=1S/C34H49N5O6.C24H35N3O6S2.C21H20N4O3.C18H16N2O2.C10H12O2.C6H12O2/c1-5-22(3)30-33(43)36-27(20-23-21-39(45-4)28-17-11-10-15-25(23)28)31(41)35-26(16-9-7-8-14-24(40)6-2)34(44)38-19-13-12-18-29(38)32(42)37-30;1-6-16-22(30)27-20(14(4)5)24(32)33-18-9-7-8-10-34-35-12-15(21(29)25-16)11-17(28)19(13(2)3)26-23(18)31;22-18-5-1-2-6-19(18)25-20(26)17-9-7-15(8-10-17)13-24-21(27)28-14-16-4-3-11-23-12-16;21-18(20-22)9-5-4-6-15-10-12-17(13-11-15)19-14-16-7-2-1-3-8-16;11-10(12)8-4-7-9-5-2-1-3-6-9;1-3-5(4-2)6(7)8/h10-11,15,17,21-22,26-27,29-30H,5-9,12-14,16,18-20H2,1-4H3,(H,35,41)(H,36,43)(H,37,42);6-7,9,13-15,18-20H,8,10-12H2,1-5H3,(H,25,29)(H,26,31)(H,27,30);1-12H,13-14,22H2,(H,24,27)(H,25,26);1-3,5,7-13,19,22H,14H2,(H,20,21);1-3,5-6H,4,7-8H2,(H,11,12);5H,3-4H2,1-2H3,(H,7,8)/b;9-7-,16-6+;;9-5+;;/t22?,26-,27?,29-,30-;15?,18-,19+,20?;;;;/m01..../s1. The number of hydroxylamine groups is 1. The highest BCUT2D eigenvalue weighted by Crippen LogP contribution is 2.30. The van der Waals surface area contributed by atoms with E-state index in [-0.39, 0.29) is 84.5 Å². The number of carbonyl (C=O) groups is 15. The summed E-state index contributed by atoms with van der Waals surface area (Å²) in [5.74, 6) is -1.33. The molecule has 6 aromatic carbocycles. The minimum Gasteiger partial charge on any atom is -0.481 e. The van der Waals surface area contributed by atoms with Crippen molar-refractivity contribution in [1.82, 2.24) is 57.3 Å². The van der Waals surface area contributed by atoms with E-state index in [1.165, 1.54) is 45.6 Å². The fourth-order valence-electron chi connectivity index (χ4n) is 15.9. The molecule has 37 heteroatoms. The minimum atomic E-state index is -1.27. The predicted octanol–water partition coefficient (Wildman–Crippen LogP) is 14.9. The third kappa shape index (κ3) is 42.4. The average Bonchev–Trinajstić information content (AvgIpc) is 1.59. The van der Waals surface area contributed by atoms with Crippen LogP contribution in [0.2, 0.25) is 0 Å². The maximum absolute atomic E-state index is 14.1. The number of nitrogens with zero attached hydrogens (tertiary/aromatic N) is 3. The van der Waals surface area contributed by atoms with Crippen LogP contribution in [0.25, 0.3) is 10.9 Å². The molecule has 15 N–H and O–H groups in total. The van der Waals surface area contributed by atoms with E-state index in [9.17, 15) is 71.9 Å². The topological polar surface area (TPSA) is 512 Å². The molecule has 0 saturated carbocycles. The zero-order valence-corrected chi connectivity index (χ0v) is 88.7. The van der Waals surface area contributed by atoms with Crippen LogP contribution in [-0.2, 0) is 104 Å². The number of unbranched alkanes of at least 4 members (excludes halogenated alkanes) is 2. The number of fused-ring (bicyclic) bond motifs is 8. The average molecular weight is 2100 g/mol. The van der Waals surface area contributed by atoms with E-state index in [0.29, 0.717) is 86.5 Å². The summed E-state index contributed by atoms with van der Waals surface area (Å²) in [5, 5.41) is 51.6. The van der Waals surface area contributed by atoms with Crippen LogP contribution in [0.4, 0.5) is 21.9 Å². The van der Waals surface area contributed by atoms with Gasteiger partial charge < -0.3 is 83.0 Å². The lowest BCUT2D eigenvalue weighted by molar-refractivity contribution is -0.157. The number of allylic oxidation sites excluding steroid dienone is 3. The highest BCUT2D eigenvalue weighted by molar-refractivity contribution is 8.76. The number of ether oxygens (including phenoxy) is 2. The van der Waals surface area contributed by atoms with Gasteiger partial charge in [0.05, 0.1) is 34.8 Å². The summed E-state index contributed by atoms with van der Waals surface area (Å²) >= 11 is 0. The molecule has 4 aliphatic heterocycles. The van der Waals surface area contributed by atoms with Gasteiger partial charge in [-0.3, -0.25) is 72.5 Å². The minimum absolute atomic E-state index is 0.0196. The number of hydrogen-bond donors (Lipinski definition) is 14. The first-order valence-electron chi connectivity index (χ1n) is 50.7. The number of aryl methyl sites for hydroxylation is 1. The highest BCUT2D eigenvalue weighted by atomic mass is 33.1. The van der Waals surface area contributed by atoms with E-state index in [2.05, 4.69) is 76.8 Å². The molecule has 2 bridgehead atoms. The van der Waals surface area contributed by atoms with Crippen LogP contribution in [0.5, 0.6) is 0 Å². The van der Waals surface area contributed by atoms with E-state index < -0.39 is 108 Å². The molecule has 2 aromatic heterocycles. The summed E-state index contributed by atoms with van der Waals surface area (Å²) in [4.78, 5) is 199. The predicted molar refractivity (Wildman–Crippen MR) is 580 cm³/mol. The number of carboxylic acids is 2. The molecule has 0 radical (unpaired) electrons. The zero-order chi connectivity index (χ0) is 109. The summed E-state index contributed by atoms with van der Waals surface area (Å²) in [6.45, 7) is 19.8. The molecule has 3 saturated heterocycles. The number of nitrogens with two attached hydrogens (primary N) is 1. The number of piperidine rings is 1. The smallest absolute Gasteiger partial charge is 0.407 e. The van der Waals surface area contributed by atoms with Crippen LogP contribution in [0.15, 0.2) is 225 Å². The summed E-state index contributed by atoms with van der Waals surface area (Å²) < 4.78 is 12.3. The molecule has 4 aliphatic rings. The van der Waals surface area contributed by atoms with Crippen molar-refractivity contribution in [2.75, 3.05) is 41.5 Å². The summed E-state index contributed by atoms with van der Waals surface area (Å²) in [6, 6.07) is 47.7. The van der Waals surface area contributed by atoms with E-state index in [4.69, 9.17) is 35.5 Å². The fourth-order valence-corrected chi connectivity index (χ4v) is 18.2. The molecule has 0 aliphatic carbocycles. The lowest BCUT2D eigenvalue weighted by atomic mass is 9.92. The van der Waals surface area contributed by atoms with Gasteiger partial charge >= 0.3 is 24.0 Å². The quantitative estimate of drug-likeness (QED) is 0.00221. The molecular weight excluding hydrogens is 1950 g/mol. The number of esters is 1. The normalized spacial score (nSPS) is 18.8. The number of Topliss-reactive ketones (excluding diaryl/α,β-unsaturated/α-hetero) is 2. The molecule has 35 nitrogen and oxygen atoms in total. The van der Waals surface area contributed by atoms with Crippen LogP contribution >= 0.6 is 21.6 Å². The number of benzene rings is 6. The third-order valence-electron chi connectivity index (χ3n) is 24.9. The number of alkyl carbamates (subject to hydrolysis) is 1. The van der Waals surface area contributed by atoms with Crippen LogP contribution in [0, 0.1) is 41.4 Å². The first-order valence-corrected chi connectivity index (χ1v) is 53.2. The monoisotopic (exact) mass is 2100 g/mol. The molecule has 3 fully saturated rings. The van der Waals surface area contributed by atoms with Crippen molar-refractivity contribution in [3.05, 3.63) is 263 Å².